The highest BCUT2D eigenvalue weighted by Crippen LogP contribution is 2.20. The summed E-state index contributed by atoms with van der Waals surface area (Å²) in [6.45, 7) is 11.0. The summed E-state index contributed by atoms with van der Waals surface area (Å²) in [7, 11) is 1.64. The molecule has 4 heteroatoms. The van der Waals surface area contributed by atoms with Crippen LogP contribution in [0.25, 0.3) is 6.08 Å². The third-order valence-corrected chi connectivity index (χ3v) is 3.72. The van der Waals surface area contributed by atoms with Crippen molar-refractivity contribution < 1.29 is 9.53 Å². The van der Waals surface area contributed by atoms with Gasteiger partial charge in [0.25, 0.3) is 0 Å². The van der Waals surface area contributed by atoms with Crippen LogP contribution in [0.1, 0.15) is 33.3 Å². The summed E-state index contributed by atoms with van der Waals surface area (Å²) < 4.78 is 5.12. The van der Waals surface area contributed by atoms with Gasteiger partial charge >= 0.3 is 0 Å². The number of carbonyl (C=O) groups excluding carboxylic acids is 1. The molecule has 22 heavy (non-hydrogen) atoms. The monoisotopic (exact) mass is 369 g/mol. The van der Waals surface area contributed by atoms with Gasteiger partial charge in [0.1, 0.15) is 5.75 Å². The predicted molar refractivity (Wildman–Crippen MR) is 98.9 cm³/mol. The molecule has 1 aromatic carbocycles. The normalized spacial score (nSPS) is 11.5. The molecule has 0 N–H and O–H groups in total. The van der Waals surface area contributed by atoms with Gasteiger partial charge in [-0.05, 0) is 36.9 Å². The second kappa shape index (κ2) is 9.80. The SMILES string of the molecule is Br.CCN(CC)CC(C)(C)C(=O)C=Cc1ccc(OC)cc1. The van der Waals surface area contributed by atoms with Gasteiger partial charge in [0.15, 0.2) is 5.78 Å². The average Bonchev–Trinajstić information content (AvgIpc) is 2.50. The third-order valence-electron chi connectivity index (χ3n) is 3.72. The van der Waals surface area contributed by atoms with Crippen LogP contribution in [0.4, 0.5) is 0 Å². The fraction of sp³-hybridized carbons (Fsp3) is 0.500. The highest BCUT2D eigenvalue weighted by Gasteiger charge is 2.27. The van der Waals surface area contributed by atoms with Gasteiger partial charge in [0, 0.05) is 12.0 Å². The largest absolute Gasteiger partial charge is 0.497 e. The summed E-state index contributed by atoms with van der Waals surface area (Å²) >= 11 is 0. The third kappa shape index (κ3) is 6.32. The second-order valence-corrected chi connectivity index (χ2v) is 5.82. The van der Waals surface area contributed by atoms with Gasteiger partial charge in [0.2, 0.25) is 0 Å². The zero-order valence-electron chi connectivity index (χ0n) is 14.3. The van der Waals surface area contributed by atoms with Crippen LogP contribution in [0, 0.1) is 5.41 Å². The first-order valence-electron chi connectivity index (χ1n) is 7.51. The van der Waals surface area contributed by atoms with Crippen molar-refractivity contribution in [3.05, 3.63) is 35.9 Å². The average molecular weight is 370 g/mol. The molecule has 0 atom stereocenters. The van der Waals surface area contributed by atoms with Gasteiger partial charge in [-0.2, -0.15) is 0 Å². The smallest absolute Gasteiger partial charge is 0.162 e. The van der Waals surface area contributed by atoms with E-state index in [0.29, 0.717) is 0 Å². The fourth-order valence-corrected chi connectivity index (χ4v) is 2.20. The maximum atomic E-state index is 12.4. The number of allylic oxidation sites excluding steroid dienone is 1. The van der Waals surface area contributed by atoms with Crippen LogP contribution in [0.15, 0.2) is 30.3 Å². The Labute approximate surface area is 145 Å². The highest BCUT2D eigenvalue weighted by molar-refractivity contribution is 8.93. The summed E-state index contributed by atoms with van der Waals surface area (Å²) in [5.74, 6) is 0.977. The Bertz CT molecular complexity index is 476. The zero-order valence-corrected chi connectivity index (χ0v) is 16.0. The maximum Gasteiger partial charge on any atom is 0.162 e. The molecule has 0 heterocycles. The maximum absolute atomic E-state index is 12.4. The van der Waals surface area contributed by atoms with E-state index in [4.69, 9.17) is 4.74 Å². The molecule has 0 aliphatic carbocycles. The van der Waals surface area contributed by atoms with Crippen molar-refractivity contribution in [2.45, 2.75) is 27.7 Å². The number of nitrogens with zero attached hydrogens (tertiary/aromatic N) is 1. The van der Waals surface area contributed by atoms with E-state index in [1.165, 1.54) is 0 Å². The van der Waals surface area contributed by atoms with Crippen LogP contribution in [-0.4, -0.2) is 37.4 Å². The molecule has 3 nitrogen and oxygen atoms in total. The lowest BCUT2D eigenvalue weighted by Gasteiger charge is -2.29. The number of benzene rings is 1. The van der Waals surface area contributed by atoms with Gasteiger partial charge in [0.05, 0.1) is 7.11 Å². The van der Waals surface area contributed by atoms with Crippen molar-refractivity contribution in [3.63, 3.8) is 0 Å². The molecule has 0 aliphatic heterocycles. The number of rotatable bonds is 8. The lowest BCUT2D eigenvalue weighted by molar-refractivity contribution is -0.123. The number of ether oxygens (including phenoxy) is 1. The van der Waals surface area contributed by atoms with Gasteiger partial charge in [-0.1, -0.05) is 45.9 Å². The summed E-state index contributed by atoms with van der Waals surface area (Å²) in [5.41, 5.74) is 0.637. The molecular formula is C18H28BrNO2. The second-order valence-electron chi connectivity index (χ2n) is 5.82. The van der Waals surface area contributed by atoms with E-state index >= 15 is 0 Å². The number of hydrogen-bond acceptors (Lipinski definition) is 3. The molecule has 0 fully saturated rings. The van der Waals surface area contributed by atoms with E-state index in [9.17, 15) is 4.79 Å². The molecule has 0 radical (unpaired) electrons. The van der Waals surface area contributed by atoms with Crippen LogP contribution < -0.4 is 4.74 Å². The standard InChI is InChI=1S/C18H27NO2.BrH/c1-6-19(7-2)14-18(3,4)17(20)13-10-15-8-11-16(21-5)12-9-15;/h8-13H,6-7,14H2,1-5H3;1H. The minimum atomic E-state index is -0.366. The summed E-state index contributed by atoms with van der Waals surface area (Å²) in [6, 6.07) is 7.68. The Kier molecular flexibility index (Phi) is 9.30. The number of hydrogen-bond donors (Lipinski definition) is 0. The van der Waals surface area contributed by atoms with Crippen molar-refractivity contribution in [2.24, 2.45) is 5.41 Å². The predicted octanol–water partition coefficient (Wildman–Crippen LogP) is 4.22. The number of ketones is 1. The topological polar surface area (TPSA) is 29.5 Å². The van der Waals surface area contributed by atoms with Crippen molar-refractivity contribution in [1.82, 2.24) is 4.90 Å². The summed E-state index contributed by atoms with van der Waals surface area (Å²) in [6.07, 6.45) is 3.55. The van der Waals surface area contributed by atoms with E-state index in [-0.39, 0.29) is 28.2 Å². The molecule has 0 spiro atoms. The van der Waals surface area contributed by atoms with Gasteiger partial charge in [-0.3, -0.25) is 4.79 Å². The number of carbonyl (C=O) groups is 1. The Morgan fingerprint density at radius 2 is 1.73 bits per heavy atom. The molecule has 0 aliphatic rings. The van der Waals surface area contributed by atoms with Crippen molar-refractivity contribution in [3.8, 4) is 5.75 Å². The van der Waals surface area contributed by atoms with E-state index in [0.717, 1.165) is 30.9 Å². The molecule has 124 valence electrons. The molecule has 0 saturated carbocycles. The highest BCUT2D eigenvalue weighted by atomic mass is 79.9. The molecular weight excluding hydrogens is 342 g/mol. The van der Waals surface area contributed by atoms with Crippen molar-refractivity contribution in [1.29, 1.82) is 0 Å². The van der Waals surface area contributed by atoms with Gasteiger partial charge in [-0.25, -0.2) is 0 Å². The van der Waals surface area contributed by atoms with Gasteiger partial charge in [-0.15, -0.1) is 17.0 Å². The van der Waals surface area contributed by atoms with E-state index in [2.05, 4.69) is 18.7 Å². The van der Waals surface area contributed by atoms with Crippen LogP contribution in [0.5, 0.6) is 5.75 Å². The Hall–Kier alpha value is -1.13. The molecule has 0 unspecified atom stereocenters. The first-order chi connectivity index (χ1) is 9.92. The van der Waals surface area contributed by atoms with Crippen molar-refractivity contribution >= 4 is 28.8 Å². The molecule has 0 aromatic heterocycles. The molecule has 0 saturated heterocycles. The minimum absolute atomic E-state index is 0. The van der Waals surface area contributed by atoms with Crippen molar-refractivity contribution in [2.75, 3.05) is 26.7 Å². The summed E-state index contributed by atoms with van der Waals surface area (Å²) in [4.78, 5) is 14.7. The number of halogens is 1. The van der Waals surface area contributed by atoms with Crippen LogP contribution in [0.2, 0.25) is 0 Å². The van der Waals surface area contributed by atoms with Crippen LogP contribution in [0.3, 0.4) is 0 Å². The molecule has 1 rings (SSSR count). The lowest BCUT2D eigenvalue weighted by Crippen LogP contribution is -2.38. The van der Waals surface area contributed by atoms with E-state index in [1.54, 1.807) is 13.2 Å². The lowest BCUT2D eigenvalue weighted by atomic mass is 9.87. The van der Waals surface area contributed by atoms with Gasteiger partial charge < -0.3 is 9.64 Å². The van der Waals surface area contributed by atoms with Crippen LogP contribution >= 0.6 is 17.0 Å². The molecule has 0 bridgehead atoms. The fourth-order valence-electron chi connectivity index (χ4n) is 2.20. The minimum Gasteiger partial charge on any atom is -0.497 e. The first-order valence-corrected chi connectivity index (χ1v) is 7.51. The Morgan fingerprint density at radius 3 is 2.18 bits per heavy atom. The van der Waals surface area contributed by atoms with E-state index < -0.39 is 0 Å². The first kappa shape index (κ1) is 20.9. The molecule has 1 aromatic rings. The Morgan fingerprint density at radius 1 is 1.18 bits per heavy atom. The molecule has 0 amide bonds. The van der Waals surface area contributed by atoms with E-state index in [1.807, 2.05) is 44.2 Å². The summed E-state index contributed by atoms with van der Waals surface area (Å²) in [5, 5.41) is 0. The quantitative estimate of drug-likeness (QED) is 0.642. The van der Waals surface area contributed by atoms with Crippen LogP contribution in [-0.2, 0) is 4.79 Å². The Balaban J connectivity index is 0.00000441. The zero-order chi connectivity index (χ0) is 15.9. The number of methoxy groups -OCH3 is 1.